The highest BCUT2D eigenvalue weighted by Crippen LogP contribution is 2.30. The molecule has 0 saturated carbocycles. The molecule has 0 unspecified atom stereocenters. The average Bonchev–Trinajstić information content (AvgIpc) is 2.64. The van der Waals surface area contributed by atoms with Gasteiger partial charge in [-0.3, -0.25) is 4.79 Å². The Labute approximate surface area is 156 Å². The molecular formula is C18H15F6NOS. The van der Waals surface area contributed by atoms with Crippen LogP contribution >= 0.6 is 11.8 Å². The minimum Gasteiger partial charge on any atom is -0.351 e. The second-order valence-electron chi connectivity index (χ2n) is 6.33. The summed E-state index contributed by atoms with van der Waals surface area (Å²) in [6, 6.07) is 5.93. The van der Waals surface area contributed by atoms with Crippen molar-refractivity contribution in [1.29, 1.82) is 0 Å². The van der Waals surface area contributed by atoms with E-state index in [1.165, 1.54) is 32.0 Å². The van der Waals surface area contributed by atoms with Crippen LogP contribution in [0, 0.1) is 40.3 Å². The van der Waals surface area contributed by atoms with Crippen molar-refractivity contribution in [3.8, 4) is 0 Å². The summed E-state index contributed by atoms with van der Waals surface area (Å²) >= 11 is 1.06. The van der Waals surface area contributed by atoms with Gasteiger partial charge in [-0.2, -0.15) is 0 Å². The number of rotatable bonds is 6. The molecular weight excluding hydrogens is 392 g/mol. The van der Waals surface area contributed by atoms with E-state index in [2.05, 4.69) is 5.32 Å². The lowest BCUT2D eigenvalue weighted by molar-refractivity contribution is -0.128. The van der Waals surface area contributed by atoms with Crippen LogP contribution in [0.3, 0.4) is 0 Å². The minimum absolute atomic E-state index is 0.122. The normalized spacial score (nSPS) is 11.6. The van der Waals surface area contributed by atoms with Crippen molar-refractivity contribution in [1.82, 2.24) is 5.32 Å². The van der Waals surface area contributed by atoms with Crippen LogP contribution in [-0.2, 0) is 11.3 Å². The highest BCUT2D eigenvalue weighted by atomic mass is 32.2. The van der Waals surface area contributed by atoms with Crippen molar-refractivity contribution in [2.24, 2.45) is 5.41 Å². The Morgan fingerprint density at radius 1 is 0.926 bits per heavy atom. The molecule has 1 amide bonds. The van der Waals surface area contributed by atoms with E-state index in [1.54, 1.807) is 6.07 Å². The van der Waals surface area contributed by atoms with Gasteiger partial charge in [0.15, 0.2) is 23.3 Å². The van der Waals surface area contributed by atoms with Gasteiger partial charge in [-0.15, -0.1) is 11.8 Å². The maximum Gasteiger partial charge on any atom is 0.226 e. The van der Waals surface area contributed by atoms with Crippen LogP contribution in [0.1, 0.15) is 19.4 Å². The van der Waals surface area contributed by atoms with Crippen molar-refractivity contribution in [2.75, 3.05) is 5.75 Å². The largest absolute Gasteiger partial charge is 0.351 e. The summed E-state index contributed by atoms with van der Waals surface area (Å²) in [5.74, 6) is -11.4. The van der Waals surface area contributed by atoms with Gasteiger partial charge in [0.2, 0.25) is 11.7 Å². The van der Waals surface area contributed by atoms with Crippen LogP contribution in [0.2, 0.25) is 0 Å². The molecule has 0 heterocycles. The van der Waals surface area contributed by atoms with Crippen LogP contribution < -0.4 is 5.32 Å². The SMILES string of the molecule is CC(C)(CSc1ccccc1F)C(=O)NCc1c(F)c(F)c(F)c(F)c1F. The maximum atomic E-state index is 13.6. The Hall–Kier alpha value is -2.16. The van der Waals surface area contributed by atoms with E-state index in [4.69, 9.17) is 0 Å². The van der Waals surface area contributed by atoms with Crippen LogP contribution in [0.25, 0.3) is 0 Å². The molecule has 0 aliphatic rings. The van der Waals surface area contributed by atoms with Gasteiger partial charge in [0.25, 0.3) is 0 Å². The summed E-state index contributed by atoms with van der Waals surface area (Å²) in [5.41, 5.74) is -2.23. The molecule has 2 nitrogen and oxygen atoms in total. The number of hydrogen-bond acceptors (Lipinski definition) is 2. The van der Waals surface area contributed by atoms with E-state index in [1.807, 2.05) is 0 Å². The molecule has 9 heteroatoms. The molecule has 2 aromatic rings. The Bertz CT molecular complexity index is 842. The Morgan fingerprint density at radius 3 is 2.00 bits per heavy atom. The van der Waals surface area contributed by atoms with Crippen LogP contribution in [0.15, 0.2) is 29.2 Å². The van der Waals surface area contributed by atoms with Gasteiger partial charge in [0.1, 0.15) is 5.82 Å². The first-order valence-electron chi connectivity index (χ1n) is 7.72. The topological polar surface area (TPSA) is 29.1 Å². The fourth-order valence-corrected chi connectivity index (χ4v) is 3.13. The van der Waals surface area contributed by atoms with Crippen molar-refractivity contribution in [2.45, 2.75) is 25.3 Å². The molecule has 0 spiro atoms. The monoisotopic (exact) mass is 407 g/mol. The quantitative estimate of drug-likeness (QED) is 0.318. The highest BCUT2D eigenvalue weighted by molar-refractivity contribution is 7.99. The molecule has 0 saturated heterocycles. The fourth-order valence-electron chi connectivity index (χ4n) is 2.10. The number of amides is 1. The van der Waals surface area contributed by atoms with E-state index >= 15 is 0 Å². The lowest BCUT2D eigenvalue weighted by Gasteiger charge is -2.23. The van der Waals surface area contributed by atoms with Crippen LogP contribution in [-0.4, -0.2) is 11.7 Å². The summed E-state index contributed by atoms with van der Waals surface area (Å²) in [5, 5.41) is 2.16. The Kier molecular flexibility index (Phi) is 6.46. The van der Waals surface area contributed by atoms with Gasteiger partial charge in [-0.1, -0.05) is 26.0 Å². The molecule has 2 aromatic carbocycles. The van der Waals surface area contributed by atoms with Gasteiger partial charge >= 0.3 is 0 Å². The van der Waals surface area contributed by atoms with Crippen LogP contribution in [0.5, 0.6) is 0 Å². The highest BCUT2D eigenvalue weighted by Gasteiger charge is 2.30. The van der Waals surface area contributed by atoms with E-state index in [9.17, 15) is 31.1 Å². The smallest absolute Gasteiger partial charge is 0.226 e. The first-order chi connectivity index (χ1) is 12.6. The van der Waals surface area contributed by atoms with Crippen molar-refractivity contribution in [3.63, 3.8) is 0 Å². The third-order valence-electron chi connectivity index (χ3n) is 3.77. The van der Waals surface area contributed by atoms with E-state index in [0.29, 0.717) is 4.90 Å². The predicted octanol–water partition coefficient (Wildman–Crippen LogP) is 4.96. The number of carbonyl (C=O) groups excluding carboxylic acids is 1. The lowest BCUT2D eigenvalue weighted by Crippen LogP contribution is -2.38. The lowest BCUT2D eigenvalue weighted by atomic mass is 9.95. The Morgan fingerprint density at radius 2 is 1.44 bits per heavy atom. The Balaban J connectivity index is 2.08. The molecule has 0 aliphatic carbocycles. The maximum absolute atomic E-state index is 13.6. The molecule has 146 valence electrons. The third kappa shape index (κ3) is 4.58. The molecule has 27 heavy (non-hydrogen) atoms. The van der Waals surface area contributed by atoms with E-state index in [0.717, 1.165) is 11.8 Å². The van der Waals surface area contributed by atoms with Crippen molar-refractivity contribution >= 4 is 17.7 Å². The number of benzene rings is 2. The molecule has 0 radical (unpaired) electrons. The standard InChI is InChI=1S/C18H15F6NOS/c1-18(2,8-27-11-6-4-3-5-10(11)19)17(26)25-7-9-12(20)14(22)16(24)15(23)13(9)21/h3-6H,7-8H2,1-2H3,(H,25,26). The summed E-state index contributed by atoms with van der Waals surface area (Å²) in [7, 11) is 0. The molecule has 0 aliphatic heterocycles. The van der Waals surface area contributed by atoms with Gasteiger partial charge in [-0.05, 0) is 12.1 Å². The predicted molar refractivity (Wildman–Crippen MR) is 89.0 cm³/mol. The number of carbonyl (C=O) groups is 1. The van der Waals surface area contributed by atoms with Crippen molar-refractivity contribution in [3.05, 3.63) is 64.7 Å². The van der Waals surface area contributed by atoms with Gasteiger partial charge in [0.05, 0.1) is 5.41 Å². The summed E-state index contributed by atoms with van der Waals surface area (Å²) in [4.78, 5) is 12.6. The van der Waals surface area contributed by atoms with Gasteiger partial charge in [-0.25, -0.2) is 26.3 Å². The number of halogens is 6. The molecule has 0 atom stereocenters. The summed E-state index contributed by atoms with van der Waals surface area (Å²) < 4.78 is 80.3. The van der Waals surface area contributed by atoms with E-state index < -0.39 is 58.3 Å². The van der Waals surface area contributed by atoms with Crippen molar-refractivity contribution < 1.29 is 31.1 Å². The zero-order valence-corrected chi connectivity index (χ0v) is 15.1. The minimum atomic E-state index is -2.26. The summed E-state index contributed by atoms with van der Waals surface area (Å²) in [6.07, 6.45) is 0. The van der Waals surface area contributed by atoms with Crippen LogP contribution in [0.4, 0.5) is 26.3 Å². The van der Waals surface area contributed by atoms with Gasteiger partial charge in [0, 0.05) is 22.8 Å². The second-order valence-corrected chi connectivity index (χ2v) is 7.35. The molecule has 0 fully saturated rings. The first kappa shape index (κ1) is 21.1. The average molecular weight is 407 g/mol. The molecule has 1 N–H and O–H groups in total. The fraction of sp³-hybridized carbons (Fsp3) is 0.278. The third-order valence-corrected chi connectivity index (χ3v) is 5.27. The zero-order chi connectivity index (χ0) is 20.4. The molecule has 0 aromatic heterocycles. The number of thioether (sulfide) groups is 1. The summed E-state index contributed by atoms with van der Waals surface area (Å²) in [6.45, 7) is 2.14. The first-order valence-corrected chi connectivity index (χ1v) is 8.70. The van der Waals surface area contributed by atoms with Gasteiger partial charge < -0.3 is 5.32 Å². The number of nitrogens with one attached hydrogen (secondary N) is 1. The zero-order valence-electron chi connectivity index (χ0n) is 14.3. The number of hydrogen-bond donors (Lipinski definition) is 1. The molecule has 2 rings (SSSR count). The molecule has 0 bridgehead atoms. The van der Waals surface area contributed by atoms with E-state index in [-0.39, 0.29) is 5.75 Å². The second kappa shape index (κ2) is 8.24.